The van der Waals surface area contributed by atoms with Crippen molar-refractivity contribution < 1.29 is 23.4 Å². The quantitative estimate of drug-likeness (QED) is 0.222. The third-order valence-electron chi connectivity index (χ3n) is 6.40. The van der Waals surface area contributed by atoms with E-state index in [0.717, 1.165) is 42.5 Å². The van der Waals surface area contributed by atoms with Crippen molar-refractivity contribution in [3.63, 3.8) is 0 Å². The summed E-state index contributed by atoms with van der Waals surface area (Å²) in [7, 11) is 4.54. The molecule has 9 heteroatoms. The second-order valence-electron chi connectivity index (χ2n) is 8.78. The number of carbonyl (C=O) groups is 1. The van der Waals surface area contributed by atoms with Crippen LogP contribution >= 0.6 is 11.6 Å². The third-order valence-corrected chi connectivity index (χ3v) is 6.76. The summed E-state index contributed by atoms with van der Waals surface area (Å²) in [5, 5.41) is 3.35. The van der Waals surface area contributed by atoms with E-state index in [1.807, 2.05) is 28.8 Å². The molecule has 0 unspecified atom stereocenters. The minimum absolute atomic E-state index is 0.215. The van der Waals surface area contributed by atoms with Crippen molar-refractivity contribution in [2.24, 2.45) is 0 Å². The molecule has 3 aromatic carbocycles. The maximum absolute atomic E-state index is 14.5. The van der Waals surface area contributed by atoms with Gasteiger partial charge in [-0.15, -0.1) is 0 Å². The molecule has 0 fully saturated rings. The zero-order valence-corrected chi connectivity index (χ0v) is 22.5. The van der Waals surface area contributed by atoms with Gasteiger partial charge >= 0.3 is 0 Å². The molecule has 1 aromatic heterocycles. The molecule has 0 aliphatic carbocycles. The lowest BCUT2D eigenvalue weighted by Gasteiger charge is -2.14. The van der Waals surface area contributed by atoms with Crippen LogP contribution in [-0.2, 0) is 13.0 Å². The minimum Gasteiger partial charge on any atom is -0.493 e. The summed E-state index contributed by atoms with van der Waals surface area (Å²) in [6.45, 7) is 0.836. The molecular formula is C29H31ClFN3O4. The van der Waals surface area contributed by atoms with Gasteiger partial charge in [0.1, 0.15) is 11.6 Å². The molecular weight excluding hydrogens is 509 g/mol. The lowest BCUT2D eigenvalue weighted by atomic mass is 10.1. The number of para-hydroxylation sites is 2. The number of ether oxygens (including phenoxy) is 3. The Morgan fingerprint density at radius 3 is 2.39 bits per heavy atom. The number of aromatic nitrogens is 2. The predicted octanol–water partition coefficient (Wildman–Crippen LogP) is 6.05. The predicted molar refractivity (Wildman–Crippen MR) is 146 cm³/mol. The van der Waals surface area contributed by atoms with Gasteiger partial charge in [0, 0.05) is 29.1 Å². The third kappa shape index (κ3) is 6.02. The molecule has 4 aromatic rings. The van der Waals surface area contributed by atoms with Crippen LogP contribution in [0.4, 0.5) is 4.39 Å². The van der Waals surface area contributed by atoms with E-state index in [1.54, 1.807) is 24.3 Å². The second kappa shape index (κ2) is 12.6. The van der Waals surface area contributed by atoms with Crippen LogP contribution in [0.25, 0.3) is 11.0 Å². The number of imidazole rings is 1. The first-order valence-corrected chi connectivity index (χ1v) is 12.8. The van der Waals surface area contributed by atoms with E-state index in [0.29, 0.717) is 46.5 Å². The van der Waals surface area contributed by atoms with E-state index < -0.39 is 0 Å². The molecule has 7 nitrogen and oxygen atoms in total. The van der Waals surface area contributed by atoms with E-state index in [1.165, 1.54) is 27.4 Å². The SMILES string of the molecule is COc1cc(C(=O)NCCCCCc2nc3ccccc3n2Cc2c(F)cccc2Cl)cc(OC)c1OC. The van der Waals surface area contributed by atoms with Crippen LogP contribution in [0.3, 0.4) is 0 Å². The summed E-state index contributed by atoms with van der Waals surface area (Å²) in [4.78, 5) is 17.5. The van der Waals surface area contributed by atoms with E-state index in [2.05, 4.69) is 5.32 Å². The first-order valence-electron chi connectivity index (χ1n) is 12.4. The standard InChI is InChI=1S/C29H31ClFN3O4/c1-36-25-16-19(17-26(37-2)28(25)38-3)29(35)32-15-8-4-5-14-27-33-23-12-6-7-13-24(23)34(27)18-20-21(30)10-9-11-22(20)31/h6-7,9-13,16-17H,4-5,8,14-15,18H2,1-3H3,(H,32,35). The van der Waals surface area contributed by atoms with Gasteiger partial charge in [0.2, 0.25) is 5.75 Å². The number of nitrogens with zero attached hydrogens (tertiary/aromatic N) is 2. The number of hydrogen-bond acceptors (Lipinski definition) is 5. The van der Waals surface area contributed by atoms with Gasteiger partial charge in [-0.1, -0.05) is 36.2 Å². The topological polar surface area (TPSA) is 74.6 Å². The first kappa shape index (κ1) is 27.3. The van der Waals surface area contributed by atoms with Crippen molar-refractivity contribution in [2.45, 2.75) is 32.2 Å². The lowest BCUT2D eigenvalue weighted by molar-refractivity contribution is 0.0952. The summed E-state index contributed by atoms with van der Waals surface area (Å²) in [5.74, 6) is 1.63. The molecule has 0 atom stereocenters. The summed E-state index contributed by atoms with van der Waals surface area (Å²) >= 11 is 6.30. The number of carbonyl (C=O) groups excluding carboxylic acids is 1. The van der Waals surface area contributed by atoms with Gasteiger partial charge in [0.25, 0.3) is 5.91 Å². The Bertz CT molecular complexity index is 1380. The zero-order valence-electron chi connectivity index (χ0n) is 21.7. The fraction of sp³-hybridized carbons (Fsp3) is 0.310. The molecule has 0 saturated heterocycles. The molecule has 1 N–H and O–H groups in total. The van der Waals surface area contributed by atoms with Crippen LogP contribution < -0.4 is 19.5 Å². The summed E-state index contributed by atoms with van der Waals surface area (Å²) in [6.07, 6.45) is 3.28. The van der Waals surface area contributed by atoms with Crippen LogP contribution in [-0.4, -0.2) is 43.3 Å². The van der Waals surface area contributed by atoms with Gasteiger partial charge in [-0.3, -0.25) is 4.79 Å². The number of amides is 1. The van der Waals surface area contributed by atoms with Crippen molar-refractivity contribution in [1.29, 1.82) is 0 Å². The zero-order chi connectivity index (χ0) is 27.1. The Balaban J connectivity index is 1.35. The number of unbranched alkanes of at least 4 members (excludes halogenated alkanes) is 2. The molecule has 1 amide bonds. The van der Waals surface area contributed by atoms with Gasteiger partial charge < -0.3 is 24.1 Å². The van der Waals surface area contributed by atoms with Crippen molar-refractivity contribution in [2.75, 3.05) is 27.9 Å². The average molecular weight is 540 g/mol. The van der Waals surface area contributed by atoms with Gasteiger partial charge in [0.15, 0.2) is 11.5 Å². The number of rotatable bonds is 12. The van der Waals surface area contributed by atoms with Gasteiger partial charge in [-0.05, 0) is 49.2 Å². The highest BCUT2D eigenvalue weighted by Gasteiger charge is 2.17. The van der Waals surface area contributed by atoms with E-state index in [9.17, 15) is 9.18 Å². The number of hydrogen-bond donors (Lipinski definition) is 1. The molecule has 0 spiro atoms. The van der Waals surface area contributed by atoms with Crippen LogP contribution in [0.5, 0.6) is 17.2 Å². The Morgan fingerprint density at radius 1 is 0.974 bits per heavy atom. The Morgan fingerprint density at radius 2 is 1.71 bits per heavy atom. The fourth-order valence-corrected chi connectivity index (χ4v) is 4.66. The number of benzene rings is 3. The van der Waals surface area contributed by atoms with Crippen LogP contribution in [0, 0.1) is 5.82 Å². The molecule has 200 valence electrons. The molecule has 0 bridgehead atoms. The summed E-state index contributed by atoms with van der Waals surface area (Å²) in [6, 6.07) is 15.8. The molecule has 0 radical (unpaired) electrons. The summed E-state index contributed by atoms with van der Waals surface area (Å²) in [5.41, 5.74) is 2.69. The number of methoxy groups -OCH3 is 3. The van der Waals surface area contributed by atoms with E-state index in [-0.39, 0.29) is 11.7 Å². The van der Waals surface area contributed by atoms with E-state index in [4.69, 9.17) is 30.8 Å². The second-order valence-corrected chi connectivity index (χ2v) is 9.19. The number of aryl methyl sites for hydroxylation is 1. The Kier molecular flexibility index (Phi) is 9.07. The maximum Gasteiger partial charge on any atom is 0.251 e. The molecule has 0 saturated carbocycles. The number of halogens is 2. The van der Waals surface area contributed by atoms with Gasteiger partial charge in [0.05, 0.1) is 38.9 Å². The van der Waals surface area contributed by atoms with Crippen LogP contribution in [0.2, 0.25) is 5.02 Å². The molecule has 1 heterocycles. The normalized spacial score (nSPS) is 11.0. The van der Waals surface area contributed by atoms with Crippen molar-refractivity contribution in [3.8, 4) is 17.2 Å². The summed E-state index contributed by atoms with van der Waals surface area (Å²) < 4.78 is 32.5. The van der Waals surface area contributed by atoms with Gasteiger partial charge in [-0.25, -0.2) is 9.37 Å². The van der Waals surface area contributed by atoms with Crippen molar-refractivity contribution in [1.82, 2.24) is 14.9 Å². The lowest BCUT2D eigenvalue weighted by Crippen LogP contribution is -2.24. The van der Waals surface area contributed by atoms with Crippen molar-refractivity contribution in [3.05, 3.63) is 82.4 Å². The first-order chi connectivity index (χ1) is 18.5. The van der Waals surface area contributed by atoms with Crippen LogP contribution in [0.1, 0.15) is 41.0 Å². The maximum atomic E-state index is 14.5. The highest BCUT2D eigenvalue weighted by molar-refractivity contribution is 6.31. The Labute approximate surface area is 226 Å². The van der Waals surface area contributed by atoms with E-state index >= 15 is 0 Å². The minimum atomic E-state index is -0.330. The number of fused-ring (bicyclic) bond motifs is 1. The smallest absolute Gasteiger partial charge is 0.251 e. The largest absolute Gasteiger partial charge is 0.493 e. The molecule has 4 rings (SSSR count). The fourth-order valence-electron chi connectivity index (χ4n) is 4.44. The highest BCUT2D eigenvalue weighted by Crippen LogP contribution is 2.38. The monoisotopic (exact) mass is 539 g/mol. The van der Waals surface area contributed by atoms with Crippen LogP contribution in [0.15, 0.2) is 54.6 Å². The molecule has 38 heavy (non-hydrogen) atoms. The highest BCUT2D eigenvalue weighted by atomic mass is 35.5. The number of nitrogens with one attached hydrogen (secondary N) is 1. The van der Waals surface area contributed by atoms with Crippen molar-refractivity contribution >= 4 is 28.5 Å². The molecule has 0 aliphatic rings. The Hall–Kier alpha value is -3.78. The average Bonchev–Trinajstić information content (AvgIpc) is 3.28. The van der Waals surface area contributed by atoms with Gasteiger partial charge in [-0.2, -0.15) is 0 Å². The molecule has 0 aliphatic heterocycles.